The average molecular weight is 274 g/mol. The monoisotopic (exact) mass is 274 g/mol. The molecule has 0 aliphatic carbocycles. The quantitative estimate of drug-likeness (QED) is 0.829. The molecule has 1 aromatic rings. The molecule has 0 aromatic carbocycles. The van der Waals surface area contributed by atoms with E-state index in [0.29, 0.717) is 0 Å². The molecule has 1 aromatic heterocycles. The Bertz CT molecular complexity index is 454. The van der Waals surface area contributed by atoms with Gasteiger partial charge in [-0.1, -0.05) is 0 Å². The number of aryl methyl sites for hydroxylation is 2. The summed E-state index contributed by atoms with van der Waals surface area (Å²) in [5.74, 6) is 1.10. The molecule has 2 aliphatic rings. The van der Waals surface area contributed by atoms with Gasteiger partial charge in [-0.25, -0.2) is 4.98 Å². The molecule has 4 nitrogen and oxygen atoms in total. The molecule has 3 heterocycles. The van der Waals surface area contributed by atoms with Gasteiger partial charge in [-0.05, 0) is 59.0 Å². The molecule has 110 valence electrons. The highest BCUT2D eigenvalue weighted by Gasteiger charge is 2.25. The van der Waals surface area contributed by atoms with E-state index in [1.165, 1.54) is 45.2 Å². The molecule has 4 heteroatoms. The van der Waals surface area contributed by atoms with Crippen LogP contribution >= 0.6 is 0 Å². The lowest BCUT2D eigenvalue weighted by atomic mass is 10.1. The van der Waals surface area contributed by atoms with Crippen LogP contribution in [0.15, 0.2) is 6.20 Å². The molecule has 2 saturated heterocycles. The van der Waals surface area contributed by atoms with Gasteiger partial charge in [-0.3, -0.25) is 4.98 Å². The van der Waals surface area contributed by atoms with Crippen molar-refractivity contribution in [2.75, 3.05) is 31.1 Å². The lowest BCUT2D eigenvalue weighted by molar-refractivity contribution is 0.225. The molecule has 1 unspecified atom stereocenters. The second-order valence-corrected chi connectivity index (χ2v) is 6.24. The number of hydrogen-bond donors (Lipinski definition) is 0. The summed E-state index contributed by atoms with van der Waals surface area (Å²) in [4.78, 5) is 14.3. The van der Waals surface area contributed by atoms with Crippen molar-refractivity contribution in [2.45, 2.75) is 52.0 Å². The topological polar surface area (TPSA) is 32.3 Å². The maximum Gasteiger partial charge on any atom is 0.150 e. The third-order valence-electron chi connectivity index (χ3n) is 4.71. The first-order chi connectivity index (χ1) is 9.74. The number of rotatable bonds is 2. The summed E-state index contributed by atoms with van der Waals surface area (Å²) in [6.07, 6.45) is 8.54. The molecule has 3 rings (SSSR count). The first kappa shape index (κ1) is 13.8. The second-order valence-electron chi connectivity index (χ2n) is 6.24. The van der Waals surface area contributed by atoms with E-state index in [1.54, 1.807) is 0 Å². The van der Waals surface area contributed by atoms with E-state index in [1.807, 2.05) is 13.1 Å². The van der Waals surface area contributed by atoms with Crippen molar-refractivity contribution in [1.29, 1.82) is 0 Å². The second kappa shape index (κ2) is 6.08. The van der Waals surface area contributed by atoms with Gasteiger partial charge in [0.1, 0.15) is 5.82 Å². The molecular formula is C16H26N4. The Morgan fingerprint density at radius 1 is 1.00 bits per heavy atom. The molecule has 2 aliphatic heterocycles. The van der Waals surface area contributed by atoms with E-state index >= 15 is 0 Å². The van der Waals surface area contributed by atoms with Crippen LogP contribution in [0.1, 0.15) is 43.5 Å². The van der Waals surface area contributed by atoms with Crippen molar-refractivity contribution in [2.24, 2.45) is 0 Å². The molecule has 0 amide bonds. The number of anilines is 1. The van der Waals surface area contributed by atoms with Crippen LogP contribution in [-0.2, 0) is 0 Å². The highest BCUT2D eigenvalue weighted by molar-refractivity contribution is 5.43. The van der Waals surface area contributed by atoms with Gasteiger partial charge in [-0.2, -0.15) is 0 Å². The molecule has 0 spiro atoms. The fourth-order valence-corrected chi connectivity index (χ4v) is 3.59. The molecule has 2 fully saturated rings. The smallest absolute Gasteiger partial charge is 0.150 e. The van der Waals surface area contributed by atoms with Gasteiger partial charge in [0, 0.05) is 25.3 Å². The van der Waals surface area contributed by atoms with Crippen LogP contribution < -0.4 is 4.90 Å². The Morgan fingerprint density at radius 3 is 2.60 bits per heavy atom. The molecule has 0 saturated carbocycles. The third-order valence-corrected chi connectivity index (χ3v) is 4.71. The van der Waals surface area contributed by atoms with Gasteiger partial charge in [0.15, 0.2) is 0 Å². The van der Waals surface area contributed by atoms with E-state index in [0.717, 1.165) is 36.3 Å². The zero-order valence-corrected chi connectivity index (χ0v) is 12.8. The summed E-state index contributed by atoms with van der Waals surface area (Å²) in [7, 11) is 0. The Morgan fingerprint density at radius 2 is 1.80 bits per heavy atom. The lowest BCUT2D eigenvalue weighted by Crippen LogP contribution is -2.34. The molecular weight excluding hydrogens is 248 g/mol. The average Bonchev–Trinajstić information content (AvgIpc) is 2.87. The van der Waals surface area contributed by atoms with Crippen molar-refractivity contribution in [1.82, 2.24) is 14.9 Å². The van der Waals surface area contributed by atoms with Crippen molar-refractivity contribution < 1.29 is 0 Å². The van der Waals surface area contributed by atoms with Gasteiger partial charge in [0.2, 0.25) is 0 Å². The van der Waals surface area contributed by atoms with E-state index in [-0.39, 0.29) is 0 Å². The molecule has 0 radical (unpaired) electrons. The predicted octanol–water partition coefficient (Wildman–Crippen LogP) is 2.55. The highest BCUT2D eigenvalue weighted by Crippen LogP contribution is 2.24. The van der Waals surface area contributed by atoms with E-state index in [4.69, 9.17) is 4.98 Å². The number of likely N-dealkylation sites (tertiary alicyclic amines) is 1. The van der Waals surface area contributed by atoms with E-state index < -0.39 is 0 Å². The van der Waals surface area contributed by atoms with Crippen LogP contribution in [0.3, 0.4) is 0 Å². The van der Waals surface area contributed by atoms with Gasteiger partial charge in [0.05, 0.1) is 11.4 Å². The third kappa shape index (κ3) is 2.95. The Balaban J connectivity index is 1.68. The normalized spacial score (nSPS) is 24.9. The van der Waals surface area contributed by atoms with Crippen LogP contribution in [0, 0.1) is 13.8 Å². The summed E-state index contributed by atoms with van der Waals surface area (Å²) in [5.41, 5.74) is 2.08. The van der Waals surface area contributed by atoms with E-state index in [9.17, 15) is 0 Å². The number of hydrogen-bond acceptors (Lipinski definition) is 4. The van der Waals surface area contributed by atoms with Crippen molar-refractivity contribution >= 4 is 5.82 Å². The highest BCUT2D eigenvalue weighted by atomic mass is 15.2. The maximum atomic E-state index is 4.71. The fraction of sp³-hybridized carbons (Fsp3) is 0.750. The van der Waals surface area contributed by atoms with Crippen molar-refractivity contribution in [3.63, 3.8) is 0 Å². The minimum Gasteiger partial charge on any atom is -0.355 e. The standard InChI is InChI=1S/C16H26N4/c1-13-12-17-14(2)16(18-13)20-10-5-6-15(7-11-20)19-8-3-4-9-19/h12,15H,3-11H2,1-2H3. The zero-order valence-electron chi connectivity index (χ0n) is 12.8. The van der Waals surface area contributed by atoms with E-state index in [2.05, 4.69) is 21.7 Å². The minimum atomic E-state index is 0.792. The van der Waals surface area contributed by atoms with Crippen LogP contribution in [0.2, 0.25) is 0 Å². The van der Waals surface area contributed by atoms with Gasteiger partial charge >= 0.3 is 0 Å². The molecule has 0 N–H and O–H groups in total. The van der Waals surface area contributed by atoms with Crippen molar-refractivity contribution in [3.8, 4) is 0 Å². The zero-order chi connectivity index (χ0) is 13.9. The van der Waals surface area contributed by atoms with Crippen LogP contribution in [0.5, 0.6) is 0 Å². The maximum absolute atomic E-state index is 4.71. The van der Waals surface area contributed by atoms with Crippen LogP contribution in [0.4, 0.5) is 5.82 Å². The minimum absolute atomic E-state index is 0.792. The molecule has 1 atom stereocenters. The number of aromatic nitrogens is 2. The first-order valence-corrected chi connectivity index (χ1v) is 8.03. The summed E-state index contributed by atoms with van der Waals surface area (Å²) in [5, 5.41) is 0. The summed E-state index contributed by atoms with van der Waals surface area (Å²) < 4.78 is 0. The lowest BCUT2D eigenvalue weighted by Gasteiger charge is -2.27. The summed E-state index contributed by atoms with van der Waals surface area (Å²) in [6.45, 7) is 8.98. The largest absolute Gasteiger partial charge is 0.355 e. The van der Waals surface area contributed by atoms with Crippen LogP contribution in [-0.4, -0.2) is 47.1 Å². The fourth-order valence-electron chi connectivity index (χ4n) is 3.59. The van der Waals surface area contributed by atoms with Gasteiger partial charge in [0.25, 0.3) is 0 Å². The SMILES string of the molecule is Cc1cnc(C)c(N2CCCC(N3CCCC3)CC2)n1. The predicted molar refractivity (Wildman–Crippen MR) is 82.2 cm³/mol. The van der Waals surface area contributed by atoms with Crippen molar-refractivity contribution in [3.05, 3.63) is 17.6 Å². The molecule has 0 bridgehead atoms. The molecule has 20 heavy (non-hydrogen) atoms. The Labute approximate surface area is 122 Å². The Kier molecular flexibility index (Phi) is 4.20. The number of nitrogens with zero attached hydrogens (tertiary/aromatic N) is 4. The summed E-state index contributed by atoms with van der Waals surface area (Å²) >= 11 is 0. The Hall–Kier alpha value is -1.16. The van der Waals surface area contributed by atoms with Gasteiger partial charge < -0.3 is 9.80 Å². The van der Waals surface area contributed by atoms with Crippen LogP contribution in [0.25, 0.3) is 0 Å². The van der Waals surface area contributed by atoms with Gasteiger partial charge in [-0.15, -0.1) is 0 Å². The summed E-state index contributed by atoms with van der Waals surface area (Å²) in [6, 6.07) is 0.792. The first-order valence-electron chi connectivity index (χ1n) is 8.03.